The lowest BCUT2D eigenvalue weighted by Gasteiger charge is -2.21. The van der Waals surface area contributed by atoms with Gasteiger partial charge in [-0.2, -0.15) is 4.98 Å². The lowest BCUT2D eigenvalue weighted by molar-refractivity contribution is 0.125. The van der Waals surface area contributed by atoms with E-state index in [1.807, 2.05) is 47.0 Å². The first-order chi connectivity index (χ1) is 8.28. The van der Waals surface area contributed by atoms with Crippen LogP contribution in [0.25, 0.3) is 0 Å². The Morgan fingerprint density at radius 2 is 2.00 bits per heavy atom. The number of rotatable bonds is 5. The maximum absolute atomic E-state index is 5.85. The maximum Gasteiger partial charge on any atom is 0.239 e. The van der Waals surface area contributed by atoms with Crippen molar-refractivity contribution < 1.29 is 4.74 Å². The molecule has 0 unspecified atom stereocenters. The molecule has 0 aliphatic heterocycles. The number of nitrogens with one attached hydrogen (secondary N) is 1. The van der Waals surface area contributed by atoms with Gasteiger partial charge in [-0.05, 0) is 47.0 Å². The van der Waals surface area contributed by atoms with Gasteiger partial charge < -0.3 is 20.7 Å². The Hall–Kier alpha value is -1.49. The molecule has 0 spiro atoms. The Morgan fingerprint density at radius 3 is 2.56 bits per heavy atom. The van der Waals surface area contributed by atoms with E-state index in [1.54, 1.807) is 0 Å². The summed E-state index contributed by atoms with van der Waals surface area (Å²) in [7, 11) is 4.07. The van der Waals surface area contributed by atoms with Crippen LogP contribution < -0.4 is 15.8 Å². The lowest BCUT2D eigenvalue weighted by atomic mass is 10.2. The molecule has 0 saturated carbocycles. The van der Waals surface area contributed by atoms with E-state index in [0.717, 1.165) is 18.9 Å². The quantitative estimate of drug-likeness (QED) is 0.837. The second-order valence-corrected chi connectivity index (χ2v) is 5.54. The maximum atomic E-state index is 5.85. The van der Waals surface area contributed by atoms with Crippen molar-refractivity contribution >= 4 is 11.5 Å². The van der Waals surface area contributed by atoms with Gasteiger partial charge in [0, 0.05) is 13.1 Å². The molecule has 0 atom stereocenters. The summed E-state index contributed by atoms with van der Waals surface area (Å²) in [5.74, 6) is 1.27. The van der Waals surface area contributed by atoms with Gasteiger partial charge in [0.2, 0.25) is 5.88 Å². The number of hydrogen-bond acceptors (Lipinski definition) is 5. The smallest absolute Gasteiger partial charge is 0.239 e. The summed E-state index contributed by atoms with van der Waals surface area (Å²) in [4.78, 5) is 6.49. The predicted molar refractivity (Wildman–Crippen MR) is 76.1 cm³/mol. The standard InChI is InChI=1S/C13H24N4O/c1-13(2,3)18-12-10(14)6-7-11(16-12)15-8-9-17(4)5/h6-7H,8-9,14H2,1-5H3,(H,15,16). The average molecular weight is 252 g/mol. The predicted octanol–water partition coefficient (Wildman–Crippen LogP) is 1.81. The molecule has 0 aliphatic carbocycles. The zero-order chi connectivity index (χ0) is 13.8. The second kappa shape index (κ2) is 5.91. The summed E-state index contributed by atoms with van der Waals surface area (Å²) in [6, 6.07) is 3.67. The van der Waals surface area contributed by atoms with Crippen LogP contribution in [0.2, 0.25) is 0 Å². The Kier molecular flexibility index (Phi) is 4.78. The summed E-state index contributed by atoms with van der Waals surface area (Å²) in [5, 5.41) is 3.24. The first-order valence-electron chi connectivity index (χ1n) is 6.12. The zero-order valence-corrected chi connectivity index (χ0v) is 11.9. The molecule has 0 fully saturated rings. The third-order valence-corrected chi connectivity index (χ3v) is 2.16. The number of likely N-dealkylation sites (N-methyl/N-ethyl adjacent to an activating group) is 1. The van der Waals surface area contributed by atoms with Crippen LogP contribution in [0.4, 0.5) is 11.5 Å². The van der Waals surface area contributed by atoms with E-state index in [0.29, 0.717) is 11.6 Å². The topological polar surface area (TPSA) is 63.4 Å². The summed E-state index contributed by atoms with van der Waals surface area (Å²) >= 11 is 0. The van der Waals surface area contributed by atoms with Gasteiger partial charge in [-0.1, -0.05) is 0 Å². The van der Waals surface area contributed by atoms with Crippen LogP contribution in [-0.4, -0.2) is 42.7 Å². The third kappa shape index (κ3) is 5.23. The highest BCUT2D eigenvalue weighted by molar-refractivity contribution is 5.53. The Balaban J connectivity index is 2.68. The van der Waals surface area contributed by atoms with Gasteiger partial charge >= 0.3 is 0 Å². The molecule has 0 radical (unpaired) electrons. The molecular weight excluding hydrogens is 228 g/mol. The first-order valence-corrected chi connectivity index (χ1v) is 6.12. The van der Waals surface area contributed by atoms with Crippen LogP contribution in [0, 0.1) is 0 Å². The molecule has 5 nitrogen and oxygen atoms in total. The fourth-order valence-corrected chi connectivity index (χ4v) is 1.33. The number of nitrogen functional groups attached to an aromatic ring is 1. The second-order valence-electron chi connectivity index (χ2n) is 5.54. The summed E-state index contributed by atoms with van der Waals surface area (Å²) in [6.07, 6.45) is 0. The number of ether oxygens (including phenoxy) is 1. The largest absolute Gasteiger partial charge is 0.470 e. The molecular formula is C13H24N4O. The molecule has 0 bridgehead atoms. The minimum absolute atomic E-state index is 0.302. The number of pyridine rings is 1. The molecule has 3 N–H and O–H groups in total. The highest BCUT2D eigenvalue weighted by Crippen LogP contribution is 2.24. The molecule has 1 aromatic heterocycles. The molecule has 0 saturated heterocycles. The molecule has 5 heteroatoms. The van der Waals surface area contributed by atoms with E-state index >= 15 is 0 Å². The van der Waals surface area contributed by atoms with E-state index in [2.05, 4.69) is 15.2 Å². The summed E-state index contributed by atoms with van der Waals surface area (Å²) < 4.78 is 5.71. The van der Waals surface area contributed by atoms with E-state index in [4.69, 9.17) is 10.5 Å². The third-order valence-electron chi connectivity index (χ3n) is 2.16. The average Bonchev–Trinajstić information content (AvgIpc) is 2.20. The first kappa shape index (κ1) is 14.6. The highest BCUT2D eigenvalue weighted by atomic mass is 16.5. The zero-order valence-electron chi connectivity index (χ0n) is 11.9. The Labute approximate surface area is 109 Å². The number of aromatic nitrogens is 1. The normalized spacial score (nSPS) is 11.7. The SMILES string of the molecule is CN(C)CCNc1ccc(N)c(OC(C)(C)C)n1. The van der Waals surface area contributed by atoms with Crippen LogP contribution in [0.5, 0.6) is 5.88 Å². The Morgan fingerprint density at radius 1 is 1.33 bits per heavy atom. The molecule has 0 aromatic carbocycles. The molecule has 1 heterocycles. The fourth-order valence-electron chi connectivity index (χ4n) is 1.33. The van der Waals surface area contributed by atoms with Gasteiger partial charge in [0.05, 0.1) is 5.69 Å². The van der Waals surface area contributed by atoms with Crippen LogP contribution in [0.1, 0.15) is 20.8 Å². The number of nitrogens with zero attached hydrogens (tertiary/aromatic N) is 2. The minimum atomic E-state index is -0.302. The van der Waals surface area contributed by atoms with Crippen molar-refractivity contribution in [3.63, 3.8) is 0 Å². The van der Waals surface area contributed by atoms with Crippen LogP contribution >= 0.6 is 0 Å². The lowest BCUT2D eigenvalue weighted by Crippen LogP contribution is -2.25. The van der Waals surface area contributed by atoms with E-state index < -0.39 is 0 Å². The summed E-state index contributed by atoms with van der Waals surface area (Å²) in [5.41, 5.74) is 6.11. The number of hydrogen-bond donors (Lipinski definition) is 2. The highest BCUT2D eigenvalue weighted by Gasteiger charge is 2.15. The van der Waals surface area contributed by atoms with Crippen molar-refractivity contribution in [2.45, 2.75) is 26.4 Å². The summed E-state index contributed by atoms with van der Waals surface area (Å²) in [6.45, 7) is 7.70. The van der Waals surface area contributed by atoms with E-state index in [9.17, 15) is 0 Å². The van der Waals surface area contributed by atoms with Crippen molar-refractivity contribution in [2.75, 3.05) is 38.2 Å². The Bertz CT molecular complexity index is 385. The van der Waals surface area contributed by atoms with Crippen molar-refractivity contribution in [2.24, 2.45) is 0 Å². The van der Waals surface area contributed by atoms with Crippen LogP contribution in [0.15, 0.2) is 12.1 Å². The minimum Gasteiger partial charge on any atom is -0.470 e. The molecule has 102 valence electrons. The monoisotopic (exact) mass is 252 g/mol. The van der Waals surface area contributed by atoms with E-state index in [-0.39, 0.29) is 5.60 Å². The van der Waals surface area contributed by atoms with Gasteiger partial charge in [0.1, 0.15) is 11.4 Å². The van der Waals surface area contributed by atoms with Gasteiger partial charge in [0.25, 0.3) is 0 Å². The van der Waals surface area contributed by atoms with Crippen molar-refractivity contribution in [3.8, 4) is 5.88 Å². The van der Waals surface area contributed by atoms with Crippen LogP contribution in [0.3, 0.4) is 0 Å². The van der Waals surface area contributed by atoms with Gasteiger partial charge in [0.15, 0.2) is 0 Å². The van der Waals surface area contributed by atoms with Crippen LogP contribution in [-0.2, 0) is 0 Å². The molecule has 0 amide bonds. The number of anilines is 2. The van der Waals surface area contributed by atoms with Crippen molar-refractivity contribution in [1.29, 1.82) is 0 Å². The van der Waals surface area contributed by atoms with Gasteiger partial charge in [-0.3, -0.25) is 0 Å². The number of nitrogens with two attached hydrogens (primary N) is 1. The van der Waals surface area contributed by atoms with E-state index in [1.165, 1.54) is 0 Å². The van der Waals surface area contributed by atoms with Crippen molar-refractivity contribution in [3.05, 3.63) is 12.1 Å². The van der Waals surface area contributed by atoms with Crippen molar-refractivity contribution in [1.82, 2.24) is 9.88 Å². The molecule has 18 heavy (non-hydrogen) atoms. The molecule has 1 aromatic rings. The van der Waals surface area contributed by atoms with Gasteiger partial charge in [-0.25, -0.2) is 0 Å². The molecule has 0 aliphatic rings. The van der Waals surface area contributed by atoms with Gasteiger partial charge in [-0.15, -0.1) is 0 Å². The fraction of sp³-hybridized carbons (Fsp3) is 0.615. The molecule has 1 rings (SSSR count).